The van der Waals surface area contributed by atoms with E-state index >= 15 is 0 Å². The molecule has 1 unspecified atom stereocenters. The van der Waals surface area contributed by atoms with Crippen LogP contribution in [-0.2, 0) is 16.7 Å². The highest BCUT2D eigenvalue weighted by molar-refractivity contribution is 7.98. The summed E-state index contributed by atoms with van der Waals surface area (Å²) in [5.74, 6) is -3.44. The van der Waals surface area contributed by atoms with Gasteiger partial charge in [-0.05, 0) is 46.5 Å². The van der Waals surface area contributed by atoms with Gasteiger partial charge in [0.1, 0.15) is 23.0 Å². The summed E-state index contributed by atoms with van der Waals surface area (Å²) in [5, 5.41) is 13.9. The maximum Gasteiger partial charge on any atom is 0.416 e. The summed E-state index contributed by atoms with van der Waals surface area (Å²) in [4.78, 5) is 24.2. The van der Waals surface area contributed by atoms with Crippen LogP contribution in [-0.4, -0.2) is 28.8 Å². The Morgan fingerprint density at radius 2 is 1.46 bits per heavy atom. The normalized spacial score (nSPS) is 12.3. The third-order valence-corrected chi connectivity index (χ3v) is 8.69. The van der Waals surface area contributed by atoms with Gasteiger partial charge in [-0.1, -0.05) is 84.9 Å². The Morgan fingerprint density at radius 1 is 0.804 bits per heavy atom. The maximum atomic E-state index is 14.2. The molecule has 0 bridgehead atoms. The Labute approximate surface area is 264 Å². The fraction of sp³-hybridized carbons (Fsp3) is 0.111. The number of carboxylic acid groups (broad SMARTS) is 1. The van der Waals surface area contributed by atoms with Crippen LogP contribution in [0.4, 0.5) is 17.6 Å². The number of hydrogen-bond acceptors (Lipinski definition) is 4. The van der Waals surface area contributed by atoms with E-state index in [1.54, 1.807) is 0 Å². The molecule has 1 heterocycles. The van der Waals surface area contributed by atoms with Crippen molar-refractivity contribution in [2.24, 2.45) is 0 Å². The molecule has 6 aromatic rings. The number of hydrogen-bond donors (Lipinski definition) is 2. The zero-order valence-electron chi connectivity index (χ0n) is 24.0. The first-order valence-corrected chi connectivity index (χ1v) is 15.3. The molecule has 0 aliphatic carbocycles. The molecule has 0 saturated carbocycles. The smallest absolute Gasteiger partial charge is 0.416 e. The highest BCUT2D eigenvalue weighted by atomic mass is 32.2. The molecular formula is C36H25F4NO4S. The monoisotopic (exact) mass is 643 g/mol. The van der Waals surface area contributed by atoms with Crippen molar-refractivity contribution < 1.29 is 36.7 Å². The summed E-state index contributed by atoms with van der Waals surface area (Å²) in [6, 6.07) is 30.2. The standard InChI is InChI=1S/C36H25F4NO4S/c37-30-18-25(36(38,39)40)16-17-29(30)34(42)41-31(35(43)44)20-46-19-21-8-10-22(11-9-21)23-12-14-24(15-13-23)26-5-3-6-28-27-4-1-2-7-32(27)45-33(26)28/h1-18,31H,19-20H2,(H,41,42)(H,43,44). The lowest BCUT2D eigenvalue weighted by atomic mass is 9.98. The van der Waals surface area contributed by atoms with Gasteiger partial charge in [0, 0.05) is 27.8 Å². The number of furan rings is 1. The molecule has 0 saturated heterocycles. The van der Waals surface area contributed by atoms with Crippen molar-refractivity contribution in [1.29, 1.82) is 0 Å². The Hall–Kier alpha value is -5.09. The number of carbonyl (C=O) groups excluding carboxylic acids is 1. The summed E-state index contributed by atoms with van der Waals surface area (Å²) in [5.41, 5.74) is 4.75. The molecule has 0 spiro atoms. The average Bonchev–Trinajstić information content (AvgIpc) is 3.43. The van der Waals surface area contributed by atoms with Crippen molar-refractivity contribution in [3.05, 3.63) is 132 Å². The fourth-order valence-electron chi connectivity index (χ4n) is 5.19. The molecule has 2 N–H and O–H groups in total. The molecule has 232 valence electrons. The molecular weight excluding hydrogens is 618 g/mol. The summed E-state index contributed by atoms with van der Waals surface area (Å²) >= 11 is 1.25. The lowest BCUT2D eigenvalue weighted by Crippen LogP contribution is -2.42. The number of fused-ring (bicyclic) bond motifs is 3. The van der Waals surface area contributed by atoms with E-state index in [0.717, 1.165) is 49.8 Å². The van der Waals surface area contributed by atoms with Crippen LogP contribution in [0.25, 0.3) is 44.2 Å². The highest BCUT2D eigenvalue weighted by Crippen LogP contribution is 2.36. The summed E-state index contributed by atoms with van der Waals surface area (Å²) in [6.07, 6.45) is -4.77. The molecule has 0 fully saturated rings. The van der Waals surface area contributed by atoms with Gasteiger partial charge in [-0.2, -0.15) is 24.9 Å². The minimum Gasteiger partial charge on any atom is -0.480 e. The van der Waals surface area contributed by atoms with Crippen LogP contribution < -0.4 is 5.32 Å². The number of aliphatic carboxylic acids is 1. The molecule has 1 amide bonds. The lowest BCUT2D eigenvalue weighted by Gasteiger charge is -2.15. The SMILES string of the molecule is O=C(NC(CSCc1ccc(-c2ccc(-c3cccc4c3oc3ccccc34)cc2)cc1)C(=O)O)c1ccc(C(F)(F)F)cc1F. The predicted octanol–water partition coefficient (Wildman–Crippen LogP) is 9.19. The van der Waals surface area contributed by atoms with Gasteiger partial charge < -0.3 is 14.8 Å². The average molecular weight is 644 g/mol. The predicted molar refractivity (Wildman–Crippen MR) is 171 cm³/mol. The Bertz CT molecular complexity index is 2050. The van der Waals surface area contributed by atoms with Gasteiger partial charge in [0.15, 0.2) is 0 Å². The number of benzene rings is 5. The van der Waals surface area contributed by atoms with Gasteiger partial charge in [-0.25, -0.2) is 9.18 Å². The second-order valence-corrected chi connectivity index (χ2v) is 11.7. The van der Waals surface area contributed by atoms with E-state index in [9.17, 15) is 32.3 Å². The van der Waals surface area contributed by atoms with E-state index in [1.165, 1.54) is 11.8 Å². The van der Waals surface area contributed by atoms with Crippen molar-refractivity contribution in [2.45, 2.75) is 18.0 Å². The minimum atomic E-state index is -4.77. The van der Waals surface area contributed by atoms with Crippen molar-refractivity contribution in [2.75, 3.05) is 5.75 Å². The van der Waals surface area contributed by atoms with E-state index < -0.39 is 41.0 Å². The van der Waals surface area contributed by atoms with E-state index in [0.29, 0.717) is 17.9 Å². The second-order valence-electron chi connectivity index (χ2n) is 10.6. The first kappa shape index (κ1) is 30.9. The molecule has 0 aliphatic heterocycles. The molecule has 1 atom stereocenters. The first-order valence-electron chi connectivity index (χ1n) is 14.2. The van der Waals surface area contributed by atoms with Gasteiger partial charge >= 0.3 is 12.1 Å². The Morgan fingerprint density at radius 3 is 2.13 bits per heavy atom. The zero-order chi connectivity index (χ0) is 32.4. The van der Waals surface area contributed by atoms with Crippen molar-refractivity contribution in [3.63, 3.8) is 0 Å². The molecule has 0 radical (unpaired) electrons. The number of carboxylic acids is 1. The number of nitrogens with one attached hydrogen (secondary N) is 1. The molecule has 6 rings (SSSR count). The Balaban J connectivity index is 1.07. The maximum absolute atomic E-state index is 14.2. The quantitative estimate of drug-likeness (QED) is 0.154. The van der Waals surface area contributed by atoms with E-state index in [1.807, 2.05) is 72.8 Å². The third-order valence-electron chi connectivity index (χ3n) is 7.59. The highest BCUT2D eigenvalue weighted by Gasteiger charge is 2.32. The van der Waals surface area contributed by atoms with E-state index in [4.69, 9.17) is 4.42 Å². The van der Waals surface area contributed by atoms with Crippen LogP contribution in [0.3, 0.4) is 0 Å². The van der Waals surface area contributed by atoms with Crippen molar-refractivity contribution >= 4 is 45.6 Å². The number of thioether (sulfide) groups is 1. The van der Waals surface area contributed by atoms with Crippen molar-refractivity contribution in [3.8, 4) is 22.3 Å². The minimum absolute atomic E-state index is 0.0372. The van der Waals surface area contributed by atoms with E-state index in [2.05, 4.69) is 23.5 Å². The number of carbonyl (C=O) groups is 2. The summed E-state index contributed by atoms with van der Waals surface area (Å²) in [6.45, 7) is 0. The lowest BCUT2D eigenvalue weighted by molar-refractivity contribution is -0.139. The largest absolute Gasteiger partial charge is 0.480 e. The molecule has 0 aliphatic rings. The second kappa shape index (κ2) is 12.7. The van der Waals surface area contributed by atoms with Gasteiger partial charge in [0.05, 0.1) is 11.1 Å². The number of para-hydroxylation sites is 2. The topological polar surface area (TPSA) is 79.5 Å². The van der Waals surface area contributed by atoms with Gasteiger partial charge in [-0.3, -0.25) is 4.79 Å². The molecule has 5 nitrogen and oxygen atoms in total. The number of alkyl halides is 3. The number of amides is 1. The van der Waals surface area contributed by atoms with Crippen LogP contribution in [0, 0.1) is 5.82 Å². The van der Waals surface area contributed by atoms with Gasteiger partial charge in [0.25, 0.3) is 5.91 Å². The van der Waals surface area contributed by atoms with Gasteiger partial charge in [-0.15, -0.1) is 0 Å². The summed E-state index contributed by atoms with van der Waals surface area (Å²) < 4.78 is 58.8. The van der Waals surface area contributed by atoms with Crippen LogP contribution in [0.15, 0.2) is 114 Å². The number of halogens is 4. The molecule has 10 heteroatoms. The van der Waals surface area contributed by atoms with Crippen molar-refractivity contribution in [1.82, 2.24) is 5.32 Å². The first-order chi connectivity index (χ1) is 22.1. The third kappa shape index (κ3) is 6.48. The van der Waals surface area contributed by atoms with Crippen LogP contribution in [0.1, 0.15) is 21.5 Å². The zero-order valence-corrected chi connectivity index (χ0v) is 24.8. The van der Waals surface area contributed by atoms with Crippen LogP contribution >= 0.6 is 11.8 Å². The Kier molecular flexibility index (Phi) is 8.55. The van der Waals surface area contributed by atoms with E-state index in [-0.39, 0.29) is 11.8 Å². The summed E-state index contributed by atoms with van der Waals surface area (Å²) in [7, 11) is 0. The molecule has 5 aromatic carbocycles. The molecule has 46 heavy (non-hydrogen) atoms. The molecule has 1 aromatic heterocycles. The van der Waals surface area contributed by atoms with Gasteiger partial charge in [0.2, 0.25) is 0 Å². The fourth-order valence-corrected chi connectivity index (χ4v) is 6.20. The van der Waals surface area contributed by atoms with Crippen LogP contribution in [0.2, 0.25) is 0 Å². The number of rotatable bonds is 9. The van der Waals surface area contributed by atoms with Crippen LogP contribution in [0.5, 0.6) is 0 Å².